The smallest absolute Gasteiger partial charge is 0.256 e. The number of nitrogens with zero attached hydrogens (tertiary/aromatic N) is 1. The highest BCUT2D eigenvalue weighted by atomic mass is 16.5. The second-order valence-corrected chi connectivity index (χ2v) is 8.00. The number of anilines is 3. The lowest BCUT2D eigenvalue weighted by molar-refractivity contribution is -0.709. The molecule has 0 aliphatic carbocycles. The predicted molar refractivity (Wildman–Crippen MR) is 139 cm³/mol. The van der Waals surface area contributed by atoms with Crippen molar-refractivity contribution in [2.75, 3.05) is 17.7 Å². The minimum atomic E-state index is 0.0342. The van der Waals surface area contributed by atoms with Crippen LogP contribution >= 0.6 is 0 Å². The summed E-state index contributed by atoms with van der Waals surface area (Å²) >= 11 is 0. The lowest BCUT2D eigenvalue weighted by Crippen LogP contribution is -2.05. The molecule has 4 aromatic carbocycles. The lowest BCUT2D eigenvalue weighted by Gasteiger charge is -2.20. The van der Waals surface area contributed by atoms with Crippen LogP contribution in [0.25, 0.3) is 0 Å². The second kappa shape index (κ2) is 10.6. The molecule has 34 heavy (non-hydrogen) atoms. The summed E-state index contributed by atoms with van der Waals surface area (Å²) in [6.45, 7) is 4.42. The van der Waals surface area contributed by atoms with Gasteiger partial charge < -0.3 is 15.8 Å². The summed E-state index contributed by atoms with van der Waals surface area (Å²) in [4.78, 5) is 0. The Morgan fingerprint density at radius 2 is 1.26 bits per heavy atom. The zero-order chi connectivity index (χ0) is 23.9. The van der Waals surface area contributed by atoms with Gasteiger partial charge in [0.05, 0.1) is 6.61 Å². The molecule has 0 aliphatic heterocycles. The van der Waals surface area contributed by atoms with Crippen molar-refractivity contribution in [2.45, 2.75) is 19.8 Å². The van der Waals surface area contributed by atoms with Gasteiger partial charge in [0.2, 0.25) is 0 Å². The highest BCUT2D eigenvalue weighted by Gasteiger charge is 2.18. The SMILES string of the molecule is C/C=[N+](\O)c1ccc(C(c2ccc(N)cc2)c2ccc(Nc3ccc(OCC)cc3)cc2)cc1. The van der Waals surface area contributed by atoms with Crippen LogP contribution < -0.4 is 15.8 Å². The van der Waals surface area contributed by atoms with Crippen molar-refractivity contribution in [3.05, 3.63) is 114 Å². The molecular formula is C29H30N3O2+. The summed E-state index contributed by atoms with van der Waals surface area (Å²) in [7, 11) is 0. The lowest BCUT2D eigenvalue weighted by atomic mass is 9.85. The molecule has 0 bridgehead atoms. The topological polar surface area (TPSA) is 70.5 Å². The van der Waals surface area contributed by atoms with Crippen LogP contribution in [0.2, 0.25) is 0 Å². The third kappa shape index (κ3) is 5.38. The number of rotatable bonds is 8. The molecule has 0 saturated heterocycles. The highest BCUT2D eigenvalue weighted by Crippen LogP contribution is 2.34. The molecule has 4 rings (SSSR count). The van der Waals surface area contributed by atoms with Gasteiger partial charge in [0.25, 0.3) is 5.69 Å². The van der Waals surface area contributed by atoms with E-state index in [0.29, 0.717) is 6.61 Å². The molecule has 0 radical (unpaired) electrons. The molecule has 0 aliphatic rings. The van der Waals surface area contributed by atoms with Crippen LogP contribution in [0, 0.1) is 0 Å². The molecule has 5 nitrogen and oxygen atoms in total. The van der Waals surface area contributed by atoms with Crippen molar-refractivity contribution in [2.24, 2.45) is 0 Å². The fourth-order valence-corrected chi connectivity index (χ4v) is 3.96. The largest absolute Gasteiger partial charge is 0.494 e. The zero-order valence-electron chi connectivity index (χ0n) is 19.5. The third-order valence-electron chi connectivity index (χ3n) is 5.70. The van der Waals surface area contributed by atoms with Gasteiger partial charge in [-0.05, 0) is 72.1 Å². The van der Waals surface area contributed by atoms with Gasteiger partial charge in [-0.2, -0.15) is 0 Å². The third-order valence-corrected chi connectivity index (χ3v) is 5.70. The maximum absolute atomic E-state index is 9.97. The van der Waals surface area contributed by atoms with Crippen LogP contribution in [-0.2, 0) is 0 Å². The standard InChI is InChI=1S/C29H30N3O2/c1-3-32(33)27-17-9-23(10-18-27)29(21-5-11-24(30)12-6-21)22-7-13-25(14-8-22)31-26-15-19-28(20-16-26)34-4-2/h3,5-20,29,31,33H,4,30H2,1-2H3/q+1/b32-3-. The number of nitrogen functional groups attached to an aromatic ring is 1. The molecule has 0 saturated carbocycles. The summed E-state index contributed by atoms with van der Waals surface area (Å²) in [5.41, 5.74) is 12.9. The Balaban J connectivity index is 1.61. The van der Waals surface area contributed by atoms with Crippen molar-refractivity contribution >= 4 is 29.0 Å². The van der Waals surface area contributed by atoms with E-state index in [0.717, 1.165) is 49.9 Å². The molecule has 0 aromatic heterocycles. The van der Waals surface area contributed by atoms with E-state index in [1.807, 2.05) is 55.5 Å². The Bertz CT molecular complexity index is 1230. The molecule has 0 heterocycles. The van der Waals surface area contributed by atoms with E-state index in [2.05, 4.69) is 53.8 Å². The molecule has 0 amide bonds. The number of nitrogens with two attached hydrogens (primary N) is 1. The van der Waals surface area contributed by atoms with Crippen molar-refractivity contribution in [3.8, 4) is 5.75 Å². The molecule has 5 heteroatoms. The van der Waals surface area contributed by atoms with Crippen molar-refractivity contribution in [1.82, 2.24) is 0 Å². The van der Waals surface area contributed by atoms with Gasteiger partial charge >= 0.3 is 0 Å². The van der Waals surface area contributed by atoms with E-state index < -0.39 is 0 Å². The summed E-state index contributed by atoms with van der Waals surface area (Å²) < 4.78 is 6.63. The van der Waals surface area contributed by atoms with E-state index in [1.54, 1.807) is 13.1 Å². The summed E-state index contributed by atoms with van der Waals surface area (Å²) in [6, 6.07) is 32.3. The molecular weight excluding hydrogens is 422 g/mol. The van der Waals surface area contributed by atoms with Gasteiger partial charge in [0.15, 0.2) is 6.21 Å². The van der Waals surface area contributed by atoms with E-state index in [4.69, 9.17) is 10.5 Å². The average molecular weight is 453 g/mol. The Morgan fingerprint density at radius 3 is 1.76 bits per heavy atom. The summed E-state index contributed by atoms with van der Waals surface area (Å²) in [5, 5.41) is 13.4. The average Bonchev–Trinajstić information content (AvgIpc) is 2.88. The van der Waals surface area contributed by atoms with Crippen LogP contribution in [0.3, 0.4) is 0 Å². The van der Waals surface area contributed by atoms with E-state index >= 15 is 0 Å². The number of ether oxygens (including phenoxy) is 1. The second-order valence-electron chi connectivity index (χ2n) is 8.00. The van der Waals surface area contributed by atoms with Gasteiger partial charge in [-0.15, -0.1) is 0 Å². The van der Waals surface area contributed by atoms with Gasteiger partial charge in [-0.3, -0.25) is 5.21 Å². The van der Waals surface area contributed by atoms with Crippen LogP contribution in [0.15, 0.2) is 97.1 Å². The van der Waals surface area contributed by atoms with E-state index in [-0.39, 0.29) is 5.92 Å². The molecule has 172 valence electrons. The van der Waals surface area contributed by atoms with E-state index in [9.17, 15) is 5.21 Å². The fraction of sp³-hybridized carbons (Fsp3) is 0.138. The van der Waals surface area contributed by atoms with Crippen LogP contribution in [0.4, 0.5) is 22.7 Å². The molecule has 0 fully saturated rings. The number of hydrogen-bond acceptors (Lipinski definition) is 4. The van der Waals surface area contributed by atoms with Crippen molar-refractivity contribution < 1.29 is 14.7 Å². The first-order valence-corrected chi connectivity index (χ1v) is 11.4. The first-order valence-electron chi connectivity index (χ1n) is 11.4. The first-order chi connectivity index (χ1) is 16.6. The molecule has 4 aromatic rings. The van der Waals surface area contributed by atoms with Gasteiger partial charge in [0.1, 0.15) is 5.75 Å². The first kappa shape index (κ1) is 22.9. The Kier molecular flexibility index (Phi) is 7.13. The quantitative estimate of drug-likeness (QED) is 0.0693. The number of hydrogen-bond donors (Lipinski definition) is 3. The molecule has 0 spiro atoms. The monoisotopic (exact) mass is 452 g/mol. The summed E-state index contributed by atoms with van der Waals surface area (Å²) in [6.07, 6.45) is 1.61. The summed E-state index contributed by atoms with van der Waals surface area (Å²) in [5.74, 6) is 0.897. The molecule has 1 unspecified atom stereocenters. The Labute approximate surface area is 200 Å². The van der Waals surface area contributed by atoms with Gasteiger partial charge in [-0.25, -0.2) is 0 Å². The molecule has 4 N–H and O–H groups in total. The molecule has 1 atom stereocenters. The predicted octanol–water partition coefficient (Wildman–Crippen LogP) is 6.72. The van der Waals surface area contributed by atoms with Crippen molar-refractivity contribution in [3.63, 3.8) is 0 Å². The zero-order valence-corrected chi connectivity index (χ0v) is 19.5. The number of benzene rings is 4. The van der Waals surface area contributed by atoms with Crippen molar-refractivity contribution in [1.29, 1.82) is 0 Å². The minimum absolute atomic E-state index is 0.0342. The van der Waals surface area contributed by atoms with Crippen LogP contribution in [0.5, 0.6) is 5.75 Å². The minimum Gasteiger partial charge on any atom is -0.494 e. The highest BCUT2D eigenvalue weighted by molar-refractivity contribution is 5.61. The van der Waals surface area contributed by atoms with Crippen LogP contribution in [-0.4, -0.2) is 22.8 Å². The van der Waals surface area contributed by atoms with Gasteiger partial charge in [0, 0.05) is 46.8 Å². The van der Waals surface area contributed by atoms with Gasteiger partial charge in [-0.1, -0.05) is 36.4 Å². The maximum atomic E-state index is 9.97. The Morgan fingerprint density at radius 1 is 0.794 bits per heavy atom. The maximum Gasteiger partial charge on any atom is 0.256 e. The number of nitrogens with one attached hydrogen (secondary N) is 1. The van der Waals surface area contributed by atoms with Crippen LogP contribution in [0.1, 0.15) is 36.5 Å². The van der Waals surface area contributed by atoms with E-state index in [1.165, 1.54) is 0 Å². The normalized spacial score (nSPS) is 12.2. The Hall–Kier alpha value is -4.25. The fourth-order valence-electron chi connectivity index (χ4n) is 3.96.